The van der Waals surface area contributed by atoms with E-state index in [0.717, 1.165) is 18.4 Å². The molecule has 1 unspecified atom stereocenters. The lowest BCUT2D eigenvalue weighted by Crippen LogP contribution is -2.48. The fraction of sp³-hybridized carbons (Fsp3) is 0.451. The van der Waals surface area contributed by atoms with Gasteiger partial charge >= 0.3 is 0 Å². The molecule has 7 N–H and O–H groups in total. The molecule has 0 saturated heterocycles. The molecule has 3 aromatic rings. The third-order valence-corrected chi connectivity index (χ3v) is 11.0. The van der Waals surface area contributed by atoms with Crippen molar-refractivity contribution in [3.63, 3.8) is 0 Å². The van der Waals surface area contributed by atoms with E-state index < -0.39 is 24.1 Å². The number of aliphatic hydroxyl groups excluding tert-OH is 1. The van der Waals surface area contributed by atoms with E-state index in [0.29, 0.717) is 92.9 Å². The van der Waals surface area contributed by atoms with Gasteiger partial charge in [0.25, 0.3) is 5.91 Å². The van der Waals surface area contributed by atoms with Crippen LogP contribution in [-0.4, -0.2) is 152 Å². The normalized spacial score (nSPS) is 14.4. The zero-order valence-electron chi connectivity index (χ0n) is 40.6. The number of aromatic nitrogens is 1. The highest BCUT2D eigenvalue weighted by atomic mass is 16.6. The first-order valence-corrected chi connectivity index (χ1v) is 24.0. The molecule has 1 aromatic heterocycles. The van der Waals surface area contributed by atoms with E-state index in [4.69, 9.17) is 24.7 Å². The summed E-state index contributed by atoms with van der Waals surface area (Å²) in [6.45, 7) is 8.17. The summed E-state index contributed by atoms with van der Waals surface area (Å²) in [7, 11) is 0. The molecule has 5 rings (SSSR count). The second-order valence-electron chi connectivity index (χ2n) is 16.7. The van der Waals surface area contributed by atoms with Crippen LogP contribution in [0.15, 0.2) is 89.7 Å². The first kappa shape index (κ1) is 55.1. The summed E-state index contributed by atoms with van der Waals surface area (Å²) < 4.78 is 22.0. The van der Waals surface area contributed by atoms with Crippen LogP contribution >= 0.6 is 0 Å². The van der Waals surface area contributed by atoms with E-state index in [-0.39, 0.29) is 81.5 Å². The van der Waals surface area contributed by atoms with Crippen LogP contribution < -0.4 is 27.0 Å². The molecule has 382 valence electrons. The van der Waals surface area contributed by atoms with Gasteiger partial charge < -0.3 is 60.9 Å². The van der Waals surface area contributed by atoms with Crippen LogP contribution in [0, 0.1) is 0 Å². The van der Waals surface area contributed by atoms with Gasteiger partial charge in [0, 0.05) is 87.4 Å². The molecular formula is C51H67N9O11. The number of aliphatic hydroxyl groups is 1. The number of aliphatic imine (C=N–C) groups is 1. The Morgan fingerprint density at radius 2 is 1.52 bits per heavy atom. The maximum absolute atomic E-state index is 13.6. The quantitative estimate of drug-likeness (QED) is 0.0508. The van der Waals surface area contributed by atoms with E-state index in [2.05, 4.69) is 31.2 Å². The minimum Gasteiger partial charge on any atom is -0.387 e. The number of nitrogens with zero attached hydrogens (tertiary/aromatic N) is 4. The largest absolute Gasteiger partial charge is 0.387 e. The molecule has 2 aliphatic heterocycles. The molecule has 20 heteroatoms. The van der Waals surface area contributed by atoms with Crippen LogP contribution in [0.2, 0.25) is 0 Å². The van der Waals surface area contributed by atoms with Gasteiger partial charge in [-0.15, -0.1) is 0 Å². The molecule has 2 aromatic carbocycles. The fourth-order valence-corrected chi connectivity index (χ4v) is 7.46. The van der Waals surface area contributed by atoms with Crippen molar-refractivity contribution in [1.29, 1.82) is 0 Å². The molecule has 6 amide bonds. The summed E-state index contributed by atoms with van der Waals surface area (Å²) in [5.74, 6) is -1.54. The number of amidine groups is 1. The molecular weight excluding hydrogens is 915 g/mol. The van der Waals surface area contributed by atoms with E-state index in [1.54, 1.807) is 36.5 Å². The molecule has 71 heavy (non-hydrogen) atoms. The van der Waals surface area contributed by atoms with Crippen molar-refractivity contribution in [3.05, 3.63) is 107 Å². The minimum atomic E-state index is -0.992. The molecule has 0 spiro atoms. The maximum Gasteiger partial charge on any atom is 0.255 e. The van der Waals surface area contributed by atoms with Crippen LogP contribution in [0.5, 0.6) is 0 Å². The Balaban J connectivity index is 0.979. The molecule has 0 radical (unpaired) electrons. The molecule has 20 nitrogen and oxygen atoms in total. The molecule has 2 aliphatic rings. The van der Waals surface area contributed by atoms with Gasteiger partial charge in [0.15, 0.2) is 0 Å². The summed E-state index contributed by atoms with van der Waals surface area (Å²) in [5.41, 5.74) is 10.2. The van der Waals surface area contributed by atoms with Gasteiger partial charge in [-0.05, 0) is 54.3 Å². The second kappa shape index (κ2) is 30.0. The minimum absolute atomic E-state index is 0.0245. The summed E-state index contributed by atoms with van der Waals surface area (Å²) in [4.78, 5) is 88.8. The fourth-order valence-electron chi connectivity index (χ4n) is 7.46. The third-order valence-electron chi connectivity index (χ3n) is 11.0. The molecule has 3 heterocycles. The Morgan fingerprint density at radius 3 is 2.20 bits per heavy atom. The predicted octanol–water partition coefficient (Wildman–Crippen LogP) is 2.78. The van der Waals surface area contributed by atoms with Gasteiger partial charge in [-0.1, -0.05) is 50.2 Å². The van der Waals surface area contributed by atoms with Crippen molar-refractivity contribution in [2.24, 2.45) is 10.7 Å². The standard InChI is InChI=1S/C51H67N9O11/c1-3-17-59(18-4-2)51(67)40-30-38-10-11-39(31-42(38)57-44(52)32-40)49(65)56-41-28-37(33-53-35-41)34-55-50(66)43(29-36-8-6-5-7-9-36)58-46(62)15-20-68-22-24-70-26-27-71-25-23-69-21-16-54-45(61)14-19-60-47(63)12-13-48(60)64/h5-13,28,30-31,33,35,43,47,63H,3-4,14-27,29,32,34H2,1-2H3,(H2,52,57)(H,54,61)(H,55,66)(H,56,65)(H,58,62)/t43-,47?/m0/s1. The van der Waals surface area contributed by atoms with Crippen molar-refractivity contribution < 1.29 is 52.8 Å². The number of pyridine rings is 1. The third kappa shape index (κ3) is 19.1. The predicted molar refractivity (Wildman–Crippen MR) is 266 cm³/mol. The lowest BCUT2D eigenvalue weighted by Gasteiger charge is -2.22. The van der Waals surface area contributed by atoms with E-state index in [1.807, 2.05) is 49.1 Å². The first-order valence-electron chi connectivity index (χ1n) is 24.0. The van der Waals surface area contributed by atoms with Crippen molar-refractivity contribution >= 4 is 58.7 Å². The number of nitrogens with two attached hydrogens (primary N) is 1. The van der Waals surface area contributed by atoms with Crippen molar-refractivity contribution in [3.8, 4) is 0 Å². The van der Waals surface area contributed by atoms with Crippen LogP contribution in [0.25, 0.3) is 6.08 Å². The van der Waals surface area contributed by atoms with Crippen LogP contribution in [0.4, 0.5) is 11.4 Å². The Labute approximate surface area is 414 Å². The average Bonchev–Trinajstić information content (AvgIpc) is 3.58. The number of benzene rings is 2. The van der Waals surface area contributed by atoms with Crippen LogP contribution in [0.1, 0.15) is 73.0 Å². The molecule has 0 aliphatic carbocycles. The van der Waals surface area contributed by atoms with Gasteiger partial charge in [0.2, 0.25) is 29.5 Å². The summed E-state index contributed by atoms with van der Waals surface area (Å²) in [6.07, 6.45) is 8.75. The number of nitrogens with one attached hydrogen (secondary N) is 4. The Hall–Kier alpha value is -6.84. The lowest BCUT2D eigenvalue weighted by atomic mass is 10.0. The van der Waals surface area contributed by atoms with Gasteiger partial charge in [0.05, 0.1) is 70.4 Å². The number of rotatable bonds is 31. The Kier molecular flexibility index (Phi) is 23.3. The number of hydrogen-bond donors (Lipinski definition) is 6. The van der Waals surface area contributed by atoms with Crippen LogP contribution in [-0.2, 0) is 55.9 Å². The number of anilines is 1. The molecule has 0 fully saturated rings. The number of amides is 6. The van der Waals surface area contributed by atoms with E-state index in [9.17, 15) is 33.9 Å². The number of ether oxygens (including phenoxy) is 4. The van der Waals surface area contributed by atoms with Crippen molar-refractivity contribution in [2.75, 3.05) is 84.4 Å². The van der Waals surface area contributed by atoms with Crippen molar-refractivity contribution in [2.45, 2.75) is 71.2 Å². The lowest BCUT2D eigenvalue weighted by molar-refractivity contribution is -0.132. The monoisotopic (exact) mass is 981 g/mol. The number of carbonyl (C=O) groups excluding carboxylic acids is 6. The van der Waals surface area contributed by atoms with Crippen LogP contribution in [0.3, 0.4) is 0 Å². The summed E-state index contributed by atoms with van der Waals surface area (Å²) >= 11 is 0. The van der Waals surface area contributed by atoms with Gasteiger partial charge in [-0.25, -0.2) is 4.99 Å². The number of hydrogen-bond acceptors (Lipinski definition) is 14. The average molecular weight is 982 g/mol. The van der Waals surface area contributed by atoms with Gasteiger partial charge in [-0.2, -0.15) is 0 Å². The second-order valence-corrected chi connectivity index (χ2v) is 16.7. The zero-order chi connectivity index (χ0) is 50.8. The van der Waals surface area contributed by atoms with E-state index in [1.165, 1.54) is 23.2 Å². The molecule has 2 atom stereocenters. The Bertz CT molecular complexity index is 2340. The number of fused-ring (bicyclic) bond motifs is 1. The highest BCUT2D eigenvalue weighted by Crippen LogP contribution is 2.29. The highest BCUT2D eigenvalue weighted by molar-refractivity contribution is 6.08. The topological polar surface area (TPSA) is 265 Å². The first-order chi connectivity index (χ1) is 34.4. The van der Waals surface area contributed by atoms with Gasteiger partial charge in [-0.3, -0.25) is 33.8 Å². The highest BCUT2D eigenvalue weighted by Gasteiger charge is 2.25. The maximum atomic E-state index is 13.6. The summed E-state index contributed by atoms with van der Waals surface area (Å²) in [6, 6.07) is 15.2. The molecule has 0 bridgehead atoms. The zero-order valence-corrected chi connectivity index (χ0v) is 40.6. The Morgan fingerprint density at radius 1 is 0.831 bits per heavy atom. The molecule has 0 saturated carbocycles. The number of carbonyl (C=O) groups is 6. The SMILES string of the molecule is CCCN(CCC)C(=O)C1=Cc2ccc(C(=O)Nc3cncc(CNC(=O)[C@H](Cc4ccccc4)NC(=O)CCOCCOCCOCCOCCNC(=O)CCN4C(=O)C=CC4O)c3)cc2N=C(N)C1. The van der Waals surface area contributed by atoms with E-state index >= 15 is 0 Å². The van der Waals surface area contributed by atoms with Gasteiger partial charge in [0.1, 0.15) is 18.1 Å². The van der Waals surface area contributed by atoms with Crippen molar-refractivity contribution in [1.82, 2.24) is 30.7 Å². The summed E-state index contributed by atoms with van der Waals surface area (Å²) in [5, 5.41) is 21.0. The smallest absolute Gasteiger partial charge is 0.255 e.